The van der Waals surface area contributed by atoms with Crippen LogP contribution >= 0.6 is 0 Å². The van der Waals surface area contributed by atoms with Crippen LogP contribution in [0.15, 0.2) is 11.6 Å². The molecule has 1 atom stereocenters. The van der Waals surface area contributed by atoms with Gasteiger partial charge in [-0.3, -0.25) is 0 Å². The zero-order valence-corrected chi connectivity index (χ0v) is 10.1. The fourth-order valence-electron chi connectivity index (χ4n) is 1.21. The monoisotopic (exact) mass is 230 g/mol. The van der Waals surface area contributed by atoms with Crippen molar-refractivity contribution < 1.29 is 19.7 Å². The van der Waals surface area contributed by atoms with Gasteiger partial charge in [0.2, 0.25) is 0 Å². The van der Waals surface area contributed by atoms with Gasteiger partial charge in [-0.2, -0.15) is 0 Å². The van der Waals surface area contributed by atoms with E-state index < -0.39 is 5.97 Å². The second kappa shape index (κ2) is 9.36. The minimum absolute atomic E-state index is 0.0163. The number of esters is 1. The number of ether oxygens (including phenoxy) is 1. The molecule has 0 spiro atoms. The zero-order valence-electron chi connectivity index (χ0n) is 10.1. The van der Waals surface area contributed by atoms with Crippen LogP contribution in [0.4, 0.5) is 0 Å². The van der Waals surface area contributed by atoms with E-state index in [2.05, 4.69) is 6.92 Å². The summed E-state index contributed by atoms with van der Waals surface area (Å²) < 4.78 is 4.73. The van der Waals surface area contributed by atoms with Gasteiger partial charge in [0.05, 0.1) is 12.7 Å². The maximum atomic E-state index is 11.2. The van der Waals surface area contributed by atoms with E-state index in [0.717, 1.165) is 19.3 Å². The third-order valence-corrected chi connectivity index (χ3v) is 2.23. The molecule has 0 radical (unpaired) electrons. The Morgan fingerprint density at radius 3 is 2.75 bits per heavy atom. The number of hydrogen-bond acceptors (Lipinski definition) is 4. The van der Waals surface area contributed by atoms with Gasteiger partial charge in [-0.25, -0.2) is 4.79 Å². The topological polar surface area (TPSA) is 66.8 Å². The Balaban J connectivity index is 3.88. The minimum atomic E-state index is -0.434. The van der Waals surface area contributed by atoms with Crippen molar-refractivity contribution in [3.63, 3.8) is 0 Å². The average Bonchev–Trinajstić information content (AvgIpc) is 2.30. The SMILES string of the molecule is CCCCC(O)CC=C(C)C(=O)OCCO. The summed E-state index contributed by atoms with van der Waals surface area (Å²) in [5.41, 5.74) is 0.476. The molecule has 94 valence electrons. The molecular weight excluding hydrogens is 208 g/mol. The summed E-state index contributed by atoms with van der Waals surface area (Å²) in [5.74, 6) is -0.434. The highest BCUT2D eigenvalue weighted by Crippen LogP contribution is 2.07. The van der Waals surface area contributed by atoms with Crippen LogP contribution < -0.4 is 0 Å². The molecule has 4 nitrogen and oxygen atoms in total. The van der Waals surface area contributed by atoms with E-state index in [1.54, 1.807) is 13.0 Å². The van der Waals surface area contributed by atoms with E-state index in [1.807, 2.05) is 0 Å². The smallest absolute Gasteiger partial charge is 0.333 e. The van der Waals surface area contributed by atoms with Gasteiger partial charge in [0.1, 0.15) is 6.61 Å². The van der Waals surface area contributed by atoms with Gasteiger partial charge in [-0.1, -0.05) is 25.8 Å². The Kier molecular flexibility index (Phi) is 8.85. The Hall–Kier alpha value is -0.870. The number of carbonyl (C=O) groups excluding carboxylic acids is 1. The normalized spacial score (nSPS) is 13.6. The second-order valence-corrected chi connectivity index (χ2v) is 3.78. The standard InChI is InChI=1S/C12H22O4/c1-3-4-5-11(14)7-6-10(2)12(15)16-9-8-13/h6,11,13-14H,3-5,7-9H2,1-2H3. The van der Waals surface area contributed by atoms with Crippen molar-refractivity contribution in [2.45, 2.75) is 45.6 Å². The van der Waals surface area contributed by atoms with Crippen LogP contribution in [0.5, 0.6) is 0 Å². The number of hydrogen-bond donors (Lipinski definition) is 2. The predicted molar refractivity (Wildman–Crippen MR) is 62.0 cm³/mol. The molecule has 0 bridgehead atoms. The Labute approximate surface area is 96.9 Å². The number of aliphatic hydroxyl groups excluding tert-OH is 2. The fraction of sp³-hybridized carbons (Fsp3) is 0.750. The molecule has 0 aromatic rings. The van der Waals surface area contributed by atoms with Crippen LogP contribution in [-0.2, 0) is 9.53 Å². The summed E-state index contributed by atoms with van der Waals surface area (Å²) in [6.07, 6.45) is 4.56. The summed E-state index contributed by atoms with van der Waals surface area (Å²) in [6, 6.07) is 0. The first-order valence-corrected chi connectivity index (χ1v) is 5.74. The highest BCUT2D eigenvalue weighted by molar-refractivity contribution is 5.87. The molecule has 0 aromatic heterocycles. The van der Waals surface area contributed by atoms with Gasteiger partial charge < -0.3 is 14.9 Å². The average molecular weight is 230 g/mol. The van der Waals surface area contributed by atoms with Crippen molar-refractivity contribution in [3.05, 3.63) is 11.6 Å². The van der Waals surface area contributed by atoms with Gasteiger partial charge in [0.15, 0.2) is 0 Å². The lowest BCUT2D eigenvalue weighted by molar-refractivity contribution is -0.139. The third-order valence-electron chi connectivity index (χ3n) is 2.23. The number of rotatable bonds is 8. The first-order chi connectivity index (χ1) is 7.61. The van der Waals surface area contributed by atoms with Crippen LogP contribution in [0.2, 0.25) is 0 Å². The van der Waals surface area contributed by atoms with E-state index >= 15 is 0 Å². The minimum Gasteiger partial charge on any atom is -0.460 e. The van der Waals surface area contributed by atoms with Crippen LogP contribution in [0.1, 0.15) is 39.5 Å². The molecule has 0 aliphatic rings. The molecule has 0 fully saturated rings. The molecule has 0 saturated heterocycles. The largest absolute Gasteiger partial charge is 0.460 e. The molecule has 1 unspecified atom stereocenters. The molecule has 0 aliphatic carbocycles. The van der Waals surface area contributed by atoms with Crippen LogP contribution in [0, 0.1) is 0 Å². The van der Waals surface area contributed by atoms with E-state index in [4.69, 9.17) is 9.84 Å². The molecule has 0 heterocycles. The summed E-state index contributed by atoms with van der Waals surface area (Å²) in [7, 11) is 0. The van der Waals surface area contributed by atoms with Crippen molar-refractivity contribution in [1.29, 1.82) is 0 Å². The highest BCUT2D eigenvalue weighted by atomic mass is 16.5. The fourth-order valence-corrected chi connectivity index (χ4v) is 1.21. The van der Waals surface area contributed by atoms with Crippen molar-refractivity contribution in [2.75, 3.05) is 13.2 Å². The summed E-state index contributed by atoms with van der Waals surface area (Å²) in [4.78, 5) is 11.2. The lowest BCUT2D eigenvalue weighted by Gasteiger charge is -2.07. The summed E-state index contributed by atoms with van der Waals surface area (Å²) >= 11 is 0. The molecule has 2 N–H and O–H groups in total. The van der Waals surface area contributed by atoms with Crippen LogP contribution in [-0.4, -0.2) is 35.5 Å². The summed E-state index contributed by atoms with van der Waals surface area (Å²) in [5, 5.41) is 18.0. The highest BCUT2D eigenvalue weighted by Gasteiger charge is 2.06. The molecule has 16 heavy (non-hydrogen) atoms. The molecule has 0 saturated carbocycles. The number of carbonyl (C=O) groups is 1. The second-order valence-electron chi connectivity index (χ2n) is 3.78. The molecule has 0 rings (SSSR count). The van der Waals surface area contributed by atoms with E-state index in [0.29, 0.717) is 12.0 Å². The zero-order chi connectivity index (χ0) is 12.4. The number of unbranched alkanes of at least 4 members (excludes halogenated alkanes) is 1. The first kappa shape index (κ1) is 15.1. The summed E-state index contributed by atoms with van der Waals surface area (Å²) in [6.45, 7) is 3.56. The van der Waals surface area contributed by atoms with Crippen molar-refractivity contribution in [3.8, 4) is 0 Å². The van der Waals surface area contributed by atoms with Crippen molar-refractivity contribution in [2.24, 2.45) is 0 Å². The maximum Gasteiger partial charge on any atom is 0.333 e. The number of aliphatic hydroxyl groups is 2. The van der Waals surface area contributed by atoms with Crippen molar-refractivity contribution >= 4 is 5.97 Å². The molecule has 0 amide bonds. The molecular formula is C12H22O4. The van der Waals surface area contributed by atoms with Gasteiger partial charge in [-0.05, 0) is 19.8 Å². The van der Waals surface area contributed by atoms with Gasteiger partial charge in [0, 0.05) is 5.57 Å². The van der Waals surface area contributed by atoms with E-state index in [-0.39, 0.29) is 19.3 Å². The molecule has 0 aliphatic heterocycles. The van der Waals surface area contributed by atoms with Gasteiger partial charge in [-0.15, -0.1) is 0 Å². The van der Waals surface area contributed by atoms with Crippen LogP contribution in [0.3, 0.4) is 0 Å². The third kappa shape index (κ3) is 7.43. The lowest BCUT2D eigenvalue weighted by Crippen LogP contribution is -2.10. The molecule has 0 aromatic carbocycles. The lowest BCUT2D eigenvalue weighted by atomic mass is 10.1. The van der Waals surface area contributed by atoms with E-state index in [9.17, 15) is 9.90 Å². The quantitative estimate of drug-likeness (QED) is 0.488. The Morgan fingerprint density at radius 1 is 1.50 bits per heavy atom. The van der Waals surface area contributed by atoms with Gasteiger partial charge >= 0.3 is 5.97 Å². The predicted octanol–water partition coefficient (Wildman–Crippen LogP) is 1.41. The first-order valence-electron chi connectivity index (χ1n) is 5.74. The van der Waals surface area contributed by atoms with E-state index in [1.165, 1.54) is 0 Å². The van der Waals surface area contributed by atoms with Gasteiger partial charge in [0.25, 0.3) is 0 Å². The van der Waals surface area contributed by atoms with Crippen LogP contribution in [0.25, 0.3) is 0 Å². The molecule has 4 heteroatoms. The van der Waals surface area contributed by atoms with Crippen molar-refractivity contribution in [1.82, 2.24) is 0 Å². The maximum absolute atomic E-state index is 11.2. The Morgan fingerprint density at radius 2 is 2.19 bits per heavy atom. The Bertz CT molecular complexity index is 223.